The van der Waals surface area contributed by atoms with Crippen LogP contribution in [0, 0.1) is 32.6 Å². The van der Waals surface area contributed by atoms with Crippen molar-refractivity contribution < 1.29 is 4.79 Å². The summed E-state index contributed by atoms with van der Waals surface area (Å²) in [6.07, 6.45) is 3.58. The fourth-order valence-electron chi connectivity index (χ4n) is 5.35. The molecule has 1 aromatic heterocycles. The van der Waals surface area contributed by atoms with Gasteiger partial charge in [-0.15, -0.1) is 0 Å². The highest BCUT2D eigenvalue weighted by atomic mass is 35.5. The number of carbonyl (C=O) groups excluding carboxylic acids is 1. The van der Waals surface area contributed by atoms with E-state index in [-0.39, 0.29) is 18.0 Å². The summed E-state index contributed by atoms with van der Waals surface area (Å²) in [4.78, 5) is 30.6. The molecule has 2 N–H and O–H groups in total. The van der Waals surface area contributed by atoms with Crippen LogP contribution < -0.4 is 15.8 Å². The van der Waals surface area contributed by atoms with E-state index in [1.807, 2.05) is 32.9 Å². The number of amides is 1. The Morgan fingerprint density at radius 2 is 1.78 bits per heavy atom. The Kier molecular flexibility index (Phi) is 7.71. The van der Waals surface area contributed by atoms with Gasteiger partial charge in [-0.25, -0.2) is 0 Å². The predicted octanol–water partition coefficient (Wildman–Crippen LogP) is 5.53. The zero-order chi connectivity index (χ0) is 23.6. The lowest BCUT2D eigenvalue weighted by Gasteiger charge is -2.41. The second-order valence-electron chi connectivity index (χ2n) is 9.58. The maximum atomic E-state index is 13.1. The van der Waals surface area contributed by atoms with Crippen LogP contribution in [0.25, 0.3) is 0 Å². The third-order valence-electron chi connectivity index (χ3n) is 6.75. The minimum absolute atomic E-state index is 0.163. The van der Waals surface area contributed by atoms with Crippen molar-refractivity contribution in [3.63, 3.8) is 0 Å². The number of halogens is 1. The second-order valence-corrected chi connectivity index (χ2v) is 10.0. The van der Waals surface area contributed by atoms with Gasteiger partial charge >= 0.3 is 0 Å². The van der Waals surface area contributed by atoms with Gasteiger partial charge in [0, 0.05) is 46.7 Å². The number of benzene rings is 1. The maximum absolute atomic E-state index is 13.1. The molecule has 1 aliphatic rings. The first-order chi connectivity index (χ1) is 15.1. The molecule has 6 heteroatoms. The third kappa shape index (κ3) is 5.37. The van der Waals surface area contributed by atoms with Crippen LogP contribution in [0.2, 0.25) is 5.02 Å². The topological polar surface area (TPSA) is 65.2 Å². The number of anilines is 1. The van der Waals surface area contributed by atoms with Crippen LogP contribution in [0.15, 0.2) is 23.0 Å². The molecule has 174 valence electrons. The Morgan fingerprint density at radius 3 is 2.38 bits per heavy atom. The van der Waals surface area contributed by atoms with Crippen molar-refractivity contribution in [2.45, 2.75) is 73.4 Å². The van der Waals surface area contributed by atoms with Gasteiger partial charge in [0.1, 0.15) is 0 Å². The molecule has 3 atom stereocenters. The molecule has 5 nitrogen and oxygen atoms in total. The standard InChI is InChI=1S/C26H36ClN3O2/c1-7-30(21-9-15(2)8-16(3)10-21)24-13-20(27)12-22(19(24)6)25(31)28-14-23-17(4)11-18(5)29-26(23)32/h11-13,15-16,21H,7-10,14H2,1-6H3,(H,28,31)(H,29,32)/t15-,16+,21?. The van der Waals surface area contributed by atoms with Crippen LogP contribution >= 0.6 is 11.6 Å². The highest BCUT2D eigenvalue weighted by molar-refractivity contribution is 6.31. The summed E-state index contributed by atoms with van der Waals surface area (Å²) in [5, 5.41) is 3.48. The Hall–Kier alpha value is -2.27. The number of aryl methyl sites for hydroxylation is 2. The van der Waals surface area contributed by atoms with Crippen LogP contribution in [0.4, 0.5) is 5.69 Å². The third-order valence-corrected chi connectivity index (χ3v) is 6.97. The highest BCUT2D eigenvalue weighted by Crippen LogP contribution is 2.36. The van der Waals surface area contributed by atoms with Crippen LogP contribution in [0.5, 0.6) is 0 Å². The molecule has 3 rings (SSSR count). The number of hydrogen-bond donors (Lipinski definition) is 2. The summed E-state index contributed by atoms with van der Waals surface area (Å²) >= 11 is 6.49. The lowest BCUT2D eigenvalue weighted by atomic mass is 9.79. The van der Waals surface area contributed by atoms with Crippen molar-refractivity contribution in [2.75, 3.05) is 11.4 Å². The zero-order valence-electron chi connectivity index (χ0n) is 20.1. The Morgan fingerprint density at radius 1 is 1.12 bits per heavy atom. The van der Waals surface area contributed by atoms with Crippen LogP contribution in [-0.4, -0.2) is 23.5 Å². The van der Waals surface area contributed by atoms with E-state index >= 15 is 0 Å². The lowest BCUT2D eigenvalue weighted by molar-refractivity contribution is 0.0950. The summed E-state index contributed by atoms with van der Waals surface area (Å²) in [6, 6.07) is 6.06. The number of nitrogens with zero attached hydrogens (tertiary/aromatic N) is 1. The van der Waals surface area contributed by atoms with Crippen molar-refractivity contribution in [1.82, 2.24) is 10.3 Å². The number of nitrogens with one attached hydrogen (secondary N) is 2. The Bertz CT molecular complexity index is 1040. The smallest absolute Gasteiger partial charge is 0.253 e. The van der Waals surface area contributed by atoms with Crippen LogP contribution in [-0.2, 0) is 6.54 Å². The lowest BCUT2D eigenvalue weighted by Crippen LogP contribution is -2.41. The van der Waals surface area contributed by atoms with Gasteiger partial charge in [0.25, 0.3) is 11.5 Å². The molecule has 0 bridgehead atoms. The van der Waals surface area contributed by atoms with Gasteiger partial charge in [-0.3, -0.25) is 9.59 Å². The monoisotopic (exact) mass is 457 g/mol. The van der Waals surface area contributed by atoms with Crippen LogP contribution in [0.3, 0.4) is 0 Å². The van der Waals surface area contributed by atoms with E-state index in [2.05, 4.69) is 36.0 Å². The van der Waals surface area contributed by atoms with Gasteiger partial charge in [0.05, 0.1) is 0 Å². The molecule has 0 spiro atoms. The zero-order valence-corrected chi connectivity index (χ0v) is 20.9. The van der Waals surface area contributed by atoms with Gasteiger partial charge < -0.3 is 15.2 Å². The Labute approximate surface area is 196 Å². The first kappa shape index (κ1) is 24.4. The van der Waals surface area contributed by atoms with Gasteiger partial charge in [0.2, 0.25) is 0 Å². The fraction of sp³-hybridized carbons (Fsp3) is 0.538. The van der Waals surface area contributed by atoms with E-state index in [9.17, 15) is 9.59 Å². The molecule has 0 aliphatic heterocycles. The summed E-state index contributed by atoms with van der Waals surface area (Å²) < 4.78 is 0. The molecular formula is C26H36ClN3O2. The van der Waals surface area contributed by atoms with Crippen LogP contribution in [0.1, 0.15) is 72.8 Å². The first-order valence-electron chi connectivity index (χ1n) is 11.6. The van der Waals surface area contributed by atoms with E-state index in [4.69, 9.17) is 11.6 Å². The first-order valence-corrected chi connectivity index (χ1v) is 12.0. The summed E-state index contributed by atoms with van der Waals surface area (Å²) in [6.45, 7) is 13.6. The highest BCUT2D eigenvalue weighted by Gasteiger charge is 2.29. The van der Waals surface area contributed by atoms with Crippen molar-refractivity contribution in [3.05, 3.63) is 61.5 Å². The summed E-state index contributed by atoms with van der Waals surface area (Å²) in [5.41, 5.74) is 4.60. The molecule has 1 unspecified atom stereocenters. The molecule has 32 heavy (non-hydrogen) atoms. The second kappa shape index (κ2) is 10.1. The van der Waals surface area contributed by atoms with Gasteiger partial charge in [0.15, 0.2) is 0 Å². The van der Waals surface area contributed by atoms with Gasteiger partial charge in [-0.1, -0.05) is 25.4 Å². The number of H-pyrrole nitrogens is 1. The average molecular weight is 458 g/mol. The number of aromatic nitrogens is 1. The molecule has 1 heterocycles. The minimum atomic E-state index is -0.216. The van der Waals surface area contributed by atoms with Crippen molar-refractivity contribution >= 4 is 23.2 Å². The number of aromatic amines is 1. The average Bonchev–Trinajstić information content (AvgIpc) is 2.69. The van der Waals surface area contributed by atoms with E-state index in [1.54, 1.807) is 6.07 Å². The van der Waals surface area contributed by atoms with E-state index in [1.165, 1.54) is 6.42 Å². The quantitative estimate of drug-likeness (QED) is 0.598. The largest absolute Gasteiger partial charge is 0.369 e. The maximum Gasteiger partial charge on any atom is 0.253 e. The normalized spacial score (nSPS) is 20.8. The van der Waals surface area contributed by atoms with Crippen molar-refractivity contribution in [1.29, 1.82) is 0 Å². The van der Waals surface area contributed by atoms with E-state index < -0.39 is 0 Å². The van der Waals surface area contributed by atoms with Gasteiger partial charge in [-0.2, -0.15) is 0 Å². The molecule has 1 fully saturated rings. The van der Waals surface area contributed by atoms with E-state index in [0.29, 0.717) is 34.0 Å². The predicted molar refractivity (Wildman–Crippen MR) is 133 cm³/mol. The summed E-state index contributed by atoms with van der Waals surface area (Å²) in [7, 11) is 0. The molecular weight excluding hydrogens is 422 g/mol. The number of pyridine rings is 1. The molecule has 2 aromatic rings. The minimum Gasteiger partial charge on any atom is -0.369 e. The number of rotatable bonds is 6. The number of hydrogen-bond acceptors (Lipinski definition) is 3. The van der Waals surface area contributed by atoms with Gasteiger partial charge in [-0.05, 0) is 88.1 Å². The molecule has 1 aliphatic carbocycles. The summed E-state index contributed by atoms with van der Waals surface area (Å²) in [5.74, 6) is 1.17. The van der Waals surface area contributed by atoms with E-state index in [0.717, 1.165) is 41.9 Å². The molecule has 0 radical (unpaired) electrons. The molecule has 1 amide bonds. The fourth-order valence-corrected chi connectivity index (χ4v) is 5.56. The van der Waals surface area contributed by atoms with Crippen molar-refractivity contribution in [3.8, 4) is 0 Å². The molecule has 1 saturated carbocycles. The SMILES string of the molecule is CCN(c1cc(Cl)cc(C(=O)NCc2c(C)cc(C)[nH]c2=O)c1C)C1C[C@@H](C)C[C@@H](C)C1. The Balaban J connectivity index is 1.87. The molecule has 0 saturated heterocycles. The number of carbonyl (C=O) groups is 1. The molecule has 1 aromatic carbocycles. The van der Waals surface area contributed by atoms with Crippen molar-refractivity contribution in [2.24, 2.45) is 11.8 Å².